The van der Waals surface area contributed by atoms with Crippen molar-refractivity contribution in [3.05, 3.63) is 35.7 Å². The summed E-state index contributed by atoms with van der Waals surface area (Å²) in [6, 6.07) is 0.0264. The van der Waals surface area contributed by atoms with Crippen molar-refractivity contribution >= 4 is 11.8 Å². The van der Waals surface area contributed by atoms with Crippen molar-refractivity contribution < 1.29 is 9.59 Å². The molecule has 8 heteroatoms. The Labute approximate surface area is 145 Å². The molecular formula is C17H20N6O2. The molecule has 0 radical (unpaired) electrons. The minimum absolute atomic E-state index is 0.00655. The van der Waals surface area contributed by atoms with Crippen LogP contribution in [0.3, 0.4) is 0 Å². The highest BCUT2D eigenvalue weighted by Gasteiger charge is 2.36. The smallest absolute Gasteiger partial charge is 0.270 e. The Morgan fingerprint density at radius 1 is 1.24 bits per heavy atom. The van der Waals surface area contributed by atoms with Crippen LogP contribution in [-0.2, 0) is 17.6 Å². The van der Waals surface area contributed by atoms with Crippen molar-refractivity contribution in [1.82, 2.24) is 30.2 Å². The summed E-state index contributed by atoms with van der Waals surface area (Å²) in [5.41, 5.74) is 2.35. The molecule has 2 aromatic rings. The predicted octanol–water partition coefficient (Wildman–Crippen LogP) is 0.405. The number of hydrogen-bond acceptors (Lipinski definition) is 5. The lowest BCUT2D eigenvalue weighted by Gasteiger charge is -2.34. The summed E-state index contributed by atoms with van der Waals surface area (Å²) in [5.74, 6) is 0.325. The number of carbonyl (C=O) groups excluding carboxylic acids is 2. The van der Waals surface area contributed by atoms with Gasteiger partial charge >= 0.3 is 0 Å². The van der Waals surface area contributed by atoms with Crippen LogP contribution in [-0.4, -0.2) is 44.4 Å². The molecule has 0 aromatic carbocycles. The van der Waals surface area contributed by atoms with Gasteiger partial charge in [-0.05, 0) is 32.1 Å². The molecule has 0 bridgehead atoms. The number of hydrogen-bond donors (Lipinski definition) is 2. The number of amides is 2. The Hall–Kier alpha value is -2.77. The van der Waals surface area contributed by atoms with Crippen LogP contribution in [0.25, 0.3) is 5.95 Å². The molecule has 130 valence electrons. The zero-order valence-electron chi connectivity index (χ0n) is 14.0. The molecular weight excluding hydrogens is 320 g/mol. The van der Waals surface area contributed by atoms with Gasteiger partial charge in [0.05, 0.1) is 0 Å². The summed E-state index contributed by atoms with van der Waals surface area (Å²) in [6.07, 6.45) is 9.07. The van der Waals surface area contributed by atoms with Crippen molar-refractivity contribution in [2.75, 3.05) is 7.05 Å². The minimum Gasteiger partial charge on any atom is -0.359 e. The van der Waals surface area contributed by atoms with Gasteiger partial charge in [0.2, 0.25) is 11.9 Å². The van der Waals surface area contributed by atoms with E-state index in [2.05, 4.69) is 25.6 Å². The fourth-order valence-electron chi connectivity index (χ4n) is 3.51. The van der Waals surface area contributed by atoms with E-state index in [-0.39, 0.29) is 23.8 Å². The molecule has 0 aliphatic heterocycles. The first kappa shape index (κ1) is 15.7. The third-order valence-corrected chi connectivity index (χ3v) is 4.96. The fraction of sp³-hybridized carbons (Fsp3) is 0.471. The predicted molar refractivity (Wildman–Crippen MR) is 89.2 cm³/mol. The molecule has 25 heavy (non-hydrogen) atoms. The number of fused-ring (bicyclic) bond motifs is 1. The fourth-order valence-corrected chi connectivity index (χ4v) is 3.51. The Balaban J connectivity index is 1.54. The van der Waals surface area contributed by atoms with E-state index in [0.29, 0.717) is 24.5 Å². The molecule has 2 N–H and O–H groups in total. The monoisotopic (exact) mass is 340 g/mol. The zero-order valence-corrected chi connectivity index (χ0v) is 14.0. The highest BCUT2D eigenvalue weighted by Crippen LogP contribution is 2.29. The van der Waals surface area contributed by atoms with Crippen LogP contribution in [0.4, 0.5) is 0 Å². The third-order valence-electron chi connectivity index (χ3n) is 4.96. The summed E-state index contributed by atoms with van der Waals surface area (Å²) in [5, 5.41) is 5.66. The second-order valence-electron chi connectivity index (χ2n) is 6.57. The van der Waals surface area contributed by atoms with Crippen LogP contribution in [0, 0.1) is 5.92 Å². The lowest BCUT2D eigenvalue weighted by atomic mass is 9.79. The number of nitrogens with one attached hydrogen (secondary N) is 2. The van der Waals surface area contributed by atoms with Gasteiger partial charge in [0, 0.05) is 42.7 Å². The molecule has 2 amide bonds. The van der Waals surface area contributed by atoms with Gasteiger partial charge in [-0.3, -0.25) is 14.2 Å². The second kappa shape index (κ2) is 6.27. The van der Waals surface area contributed by atoms with Crippen LogP contribution >= 0.6 is 0 Å². The van der Waals surface area contributed by atoms with E-state index in [4.69, 9.17) is 0 Å². The lowest BCUT2D eigenvalue weighted by molar-refractivity contribution is -0.127. The SMILES string of the molecule is CNC(=O)C1CC(NC(=O)c2nc(-n3ccnc3)nc3c2CCC3)C1. The molecule has 2 aliphatic carbocycles. The van der Waals surface area contributed by atoms with Gasteiger partial charge in [-0.25, -0.2) is 15.0 Å². The molecule has 0 atom stereocenters. The summed E-state index contributed by atoms with van der Waals surface area (Å²) in [6.45, 7) is 0. The average molecular weight is 340 g/mol. The Kier molecular flexibility index (Phi) is 3.95. The van der Waals surface area contributed by atoms with Gasteiger partial charge in [-0.15, -0.1) is 0 Å². The van der Waals surface area contributed by atoms with Gasteiger partial charge < -0.3 is 10.6 Å². The maximum atomic E-state index is 12.7. The van der Waals surface area contributed by atoms with Crippen LogP contribution in [0.5, 0.6) is 0 Å². The van der Waals surface area contributed by atoms with E-state index >= 15 is 0 Å². The van der Waals surface area contributed by atoms with E-state index in [1.165, 1.54) is 0 Å². The van der Waals surface area contributed by atoms with Gasteiger partial charge in [0.1, 0.15) is 12.0 Å². The first-order valence-corrected chi connectivity index (χ1v) is 8.56. The van der Waals surface area contributed by atoms with Crippen molar-refractivity contribution in [2.45, 2.75) is 38.1 Å². The van der Waals surface area contributed by atoms with Gasteiger partial charge in [0.15, 0.2) is 0 Å². The van der Waals surface area contributed by atoms with Gasteiger partial charge in [-0.2, -0.15) is 0 Å². The lowest BCUT2D eigenvalue weighted by Crippen LogP contribution is -2.49. The van der Waals surface area contributed by atoms with Crippen molar-refractivity contribution in [2.24, 2.45) is 5.92 Å². The molecule has 1 fully saturated rings. The molecule has 0 saturated heterocycles. The Morgan fingerprint density at radius 3 is 2.80 bits per heavy atom. The molecule has 2 aromatic heterocycles. The van der Waals surface area contributed by atoms with Crippen LogP contribution in [0.1, 0.15) is 41.0 Å². The first-order chi connectivity index (χ1) is 12.2. The zero-order chi connectivity index (χ0) is 17.4. The molecule has 0 unspecified atom stereocenters. The van der Waals surface area contributed by atoms with Crippen LogP contribution < -0.4 is 10.6 Å². The summed E-state index contributed by atoms with van der Waals surface area (Å²) < 4.78 is 1.71. The summed E-state index contributed by atoms with van der Waals surface area (Å²) >= 11 is 0. The maximum Gasteiger partial charge on any atom is 0.270 e. The Bertz CT molecular complexity index is 811. The molecule has 4 rings (SSSR count). The van der Waals surface area contributed by atoms with E-state index in [1.807, 2.05) is 0 Å². The van der Waals surface area contributed by atoms with Gasteiger partial charge in [0.25, 0.3) is 5.91 Å². The van der Waals surface area contributed by atoms with E-state index in [1.54, 1.807) is 30.3 Å². The van der Waals surface area contributed by atoms with Crippen LogP contribution in [0.2, 0.25) is 0 Å². The average Bonchev–Trinajstić information content (AvgIpc) is 3.26. The number of carbonyl (C=O) groups is 2. The third kappa shape index (κ3) is 2.88. The largest absolute Gasteiger partial charge is 0.359 e. The summed E-state index contributed by atoms with van der Waals surface area (Å²) in [4.78, 5) is 37.4. The Morgan fingerprint density at radius 2 is 2.08 bits per heavy atom. The van der Waals surface area contributed by atoms with Crippen molar-refractivity contribution in [3.8, 4) is 5.95 Å². The standard InChI is InChI=1S/C17H20N6O2/c1-18-15(24)10-7-11(8-10)20-16(25)14-12-3-2-4-13(12)21-17(22-14)23-6-5-19-9-23/h5-6,9-11H,2-4,7-8H2,1H3,(H,18,24)(H,20,25). The van der Waals surface area contributed by atoms with E-state index < -0.39 is 0 Å². The number of aryl methyl sites for hydroxylation is 1. The maximum absolute atomic E-state index is 12.7. The van der Waals surface area contributed by atoms with E-state index in [9.17, 15) is 9.59 Å². The number of nitrogens with zero attached hydrogens (tertiary/aromatic N) is 4. The van der Waals surface area contributed by atoms with Gasteiger partial charge in [-0.1, -0.05) is 0 Å². The first-order valence-electron chi connectivity index (χ1n) is 8.56. The summed E-state index contributed by atoms with van der Waals surface area (Å²) in [7, 11) is 1.63. The minimum atomic E-state index is -0.178. The highest BCUT2D eigenvalue weighted by atomic mass is 16.2. The molecule has 2 heterocycles. The van der Waals surface area contributed by atoms with Crippen molar-refractivity contribution in [3.63, 3.8) is 0 Å². The van der Waals surface area contributed by atoms with E-state index in [0.717, 1.165) is 30.5 Å². The highest BCUT2D eigenvalue weighted by molar-refractivity contribution is 5.94. The number of imidazole rings is 1. The normalized spacial score (nSPS) is 21.3. The molecule has 1 saturated carbocycles. The molecule has 0 spiro atoms. The number of aromatic nitrogens is 4. The number of rotatable bonds is 4. The second-order valence-corrected chi connectivity index (χ2v) is 6.57. The van der Waals surface area contributed by atoms with Crippen molar-refractivity contribution in [1.29, 1.82) is 0 Å². The topological polar surface area (TPSA) is 102 Å². The van der Waals surface area contributed by atoms with Crippen LogP contribution in [0.15, 0.2) is 18.7 Å². The quantitative estimate of drug-likeness (QED) is 0.839. The molecule has 8 nitrogen and oxygen atoms in total. The molecule has 2 aliphatic rings.